The van der Waals surface area contributed by atoms with Gasteiger partial charge in [0.1, 0.15) is 11.3 Å². The van der Waals surface area contributed by atoms with Crippen molar-refractivity contribution in [3.8, 4) is 11.3 Å². The zero-order valence-corrected chi connectivity index (χ0v) is 26.3. The Morgan fingerprint density at radius 3 is 2.50 bits per heavy atom. The lowest BCUT2D eigenvalue weighted by Gasteiger charge is -2.24. The summed E-state index contributed by atoms with van der Waals surface area (Å²) in [6.45, 7) is 13.3. The third kappa shape index (κ3) is 9.43. The molecule has 236 valence electrons. The lowest BCUT2D eigenvalue weighted by molar-refractivity contribution is -0.122. The molecule has 0 aliphatic rings. The molecule has 0 unspecified atom stereocenters. The van der Waals surface area contributed by atoms with Crippen LogP contribution in [0.5, 0.6) is 0 Å². The van der Waals surface area contributed by atoms with Gasteiger partial charge in [0, 0.05) is 48.4 Å². The van der Waals surface area contributed by atoms with Crippen molar-refractivity contribution in [2.45, 2.75) is 59.6 Å². The second-order valence-corrected chi connectivity index (χ2v) is 11.1. The maximum atomic E-state index is 12.9. The normalized spacial score (nSPS) is 11.7. The molecule has 0 bridgehead atoms. The predicted molar refractivity (Wildman–Crippen MR) is 168 cm³/mol. The molecule has 0 saturated heterocycles. The first-order valence-electron chi connectivity index (χ1n) is 15.0. The van der Waals surface area contributed by atoms with Crippen LogP contribution < -0.4 is 10.6 Å². The van der Waals surface area contributed by atoms with Crippen molar-refractivity contribution >= 4 is 23.1 Å². The van der Waals surface area contributed by atoms with Gasteiger partial charge in [-0.05, 0) is 65.3 Å². The highest BCUT2D eigenvalue weighted by Gasteiger charge is 2.17. The highest BCUT2D eigenvalue weighted by atomic mass is 16.5. The van der Waals surface area contributed by atoms with Gasteiger partial charge in [0.25, 0.3) is 5.91 Å². The van der Waals surface area contributed by atoms with Crippen LogP contribution in [0.15, 0.2) is 48.8 Å². The molecular formula is C32H43N7O5. The fraction of sp³-hybridized carbons (Fsp3) is 0.469. The summed E-state index contributed by atoms with van der Waals surface area (Å²) in [4.78, 5) is 29.4. The van der Waals surface area contributed by atoms with E-state index < -0.39 is 0 Å². The molecule has 12 nitrogen and oxygen atoms in total. The molecular weight excluding hydrogens is 562 g/mol. The SMILES string of the molecule is CCOC(C)(C)CCNC(=O)CCOCCOCCn1cc(-c2ccc(NC(=O)c3ccn4c(C)cc(C)nc34)cc2)nn1. The molecule has 0 aliphatic heterocycles. The summed E-state index contributed by atoms with van der Waals surface area (Å²) in [5.41, 5.74) is 5.08. The van der Waals surface area contributed by atoms with E-state index in [1.165, 1.54) is 0 Å². The second kappa shape index (κ2) is 15.6. The summed E-state index contributed by atoms with van der Waals surface area (Å²) in [6, 6.07) is 11.2. The lowest BCUT2D eigenvalue weighted by Crippen LogP contribution is -2.33. The van der Waals surface area contributed by atoms with Gasteiger partial charge in [-0.15, -0.1) is 5.10 Å². The Morgan fingerprint density at radius 1 is 1.00 bits per heavy atom. The van der Waals surface area contributed by atoms with Gasteiger partial charge in [0.15, 0.2) is 0 Å². The average Bonchev–Trinajstić information content (AvgIpc) is 3.62. The van der Waals surface area contributed by atoms with Crippen molar-refractivity contribution in [2.75, 3.05) is 44.9 Å². The molecule has 44 heavy (non-hydrogen) atoms. The quantitative estimate of drug-likeness (QED) is 0.171. The summed E-state index contributed by atoms with van der Waals surface area (Å²) >= 11 is 0. The van der Waals surface area contributed by atoms with E-state index in [1.807, 2.05) is 81.7 Å². The zero-order valence-electron chi connectivity index (χ0n) is 26.3. The van der Waals surface area contributed by atoms with Crippen molar-refractivity contribution in [1.82, 2.24) is 29.7 Å². The molecule has 3 heterocycles. The average molecular weight is 606 g/mol. The minimum absolute atomic E-state index is 0.0342. The Bertz CT molecular complexity index is 1530. The summed E-state index contributed by atoms with van der Waals surface area (Å²) in [5, 5.41) is 14.3. The molecule has 0 saturated carbocycles. The number of amides is 2. The standard InChI is InChI=1S/C32H43N7O5/c1-6-44-32(4,5)13-14-33-29(40)12-17-42-19-20-43-18-16-38-22-28(36-37-38)25-7-9-26(10-8-25)35-31(41)27-11-15-39-24(3)21-23(2)34-30(27)39/h7-11,15,21-22H,6,12-14,16-20H2,1-5H3,(H,33,40)(H,35,41). The third-order valence-electron chi connectivity index (χ3n) is 7.06. The number of hydrogen-bond donors (Lipinski definition) is 2. The molecule has 4 rings (SSSR count). The van der Waals surface area contributed by atoms with Gasteiger partial charge in [-0.1, -0.05) is 17.3 Å². The zero-order chi connectivity index (χ0) is 31.5. The number of rotatable bonds is 17. The highest BCUT2D eigenvalue weighted by molar-refractivity contribution is 6.08. The number of aromatic nitrogens is 5. The number of nitrogens with one attached hydrogen (secondary N) is 2. The smallest absolute Gasteiger partial charge is 0.259 e. The first-order chi connectivity index (χ1) is 21.1. The number of benzene rings is 1. The van der Waals surface area contributed by atoms with Crippen molar-refractivity contribution < 1.29 is 23.8 Å². The van der Waals surface area contributed by atoms with Gasteiger partial charge in [0.05, 0.1) is 50.3 Å². The molecule has 1 aromatic carbocycles. The Labute approximate surface area is 258 Å². The summed E-state index contributed by atoms with van der Waals surface area (Å²) in [7, 11) is 0. The van der Waals surface area contributed by atoms with Crippen molar-refractivity contribution in [3.05, 3.63) is 65.7 Å². The van der Waals surface area contributed by atoms with Crippen LogP contribution in [0, 0.1) is 13.8 Å². The molecule has 2 N–H and O–H groups in total. The van der Waals surface area contributed by atoms with E-state index in [0.717, 1.165) is 29.1 Å². The molecule has 0 radical (unpaired) electrons. The van der Waals surface area contributed by atoms with Crippen LogP contribution in [0.2, 0.25) is 0 Å². The van der Waals surface area contributed by atoms with E-state index in [4.69, 9.17) is 14.2 Å². The van der Waals surface area contributed by atoms with Gasteiger partial charge >= 0.3 is 0 Å². The van der Waals surface area contributed by atoms with Crippen LogP contribution in [-0.4, -0.2) is 81.4 Å². The number of anilines is 1. The molecule has 4 aromatic rings. The monoisotopic (exact) mass is 605 g/mol. The molecule has 0 aliphatic carbocycles. The van der Waals surface area contributed by atoms with Crippen LogP contribution in [0.1, 0.15) is 55.4 Å². The number of ether oxygens (including phenoxy) is 3. The van der Waals surface area contributed by atoms with Crippen LogP contribution in [-0.2, 0) is 25.5 Å². The van der Waals surface area contributed by atoms with Crippen molar-refractivity contribution in [1.29, 1.82) is 0 Å². The Hall–Kier alpha value is -4.13. The number of aryl methyl sites for hydroxylation is 2. The van der Waals surface area contributed by atoms with E-state index in [1.54, 1.807) is 10.7 Å². The van der Waals surface area contributed by atoms with Gasteiger partial charge in [0.2, 0.25) is 5.91 Å². The van der Waals surface area contributed by atoms with E-state index in [2.05, 4.69) is 25.9 Å². The third-order valence-corrected chi connectivity index (χ3v) is 7.06. The van der Waals surface area contributed by atoms with Crippen molar-refractivity contribution in [3.63, 3.8) is 0 Å². The van der Waals surface area contributed by atoms with Crippen LogP contribution >= 0.6 is 0 Å². The first kappa shape index (κ1) is 32.8. The Morgan fingerprint density at radius 2 is 1.75 bits per heavy atom. The number of carbonyl (C=O) groups excluding carboxylic acids is 2. The fourth-order valence-corrected chi connectivity index (χ4v) is 4.73. The molecule has 0 spiro atoms. The first-order valence-corrected chi connectivity index (χ1v) is 15.0. The number of fused-ring (bicyclic) bond motifs is 1. The molecule has 12 heteroatoms. The maximum Gasteiger partial charge on any atom is 0.259 e. The molecule has 0 atom stereocenters. The van der Waals surface area contributed by atoms with E-state index in [-0.39, 0.29) is 17.4 Å². The van der Waals surface area contributed by atoms with Crippen LogP contribution in [0.4, 0.5) is 5.69 Å². The van der Waals surface area contributed by atoms with Gasteiger partial charge in [-0.2, -0.15) is 0 Å². The van der Waals surface area contributed by atoms with E-state index in [0.29, 0.717) is 69.4 Å². The van der Waals surface area contributed by atoms with E-state index >= 15 is 0 Å². The Kier molecular flexibility index (Phi) is 11.6. The molecule has 0 fully saturated rings. The number of hydrogen-bond acceptors (Lipinski definition) is 8. The van der Waals surface area contributed by atoms with Gasteiger partial charge < -0.3 is 29.2 Å². The fourth-order valence-electron chi connectivity index (χ4n) is 4.73. The van der Waals surface area contributed by atoms with Crippen LogP contribution in [0.25, 0.3) is 16.9 Å². The summed E-state index contributed by atoms with van der Waals surface area (Å²) in [6.07, 6.45) is 4.77. The maximum absolute atomic E-state index is 12.9. The highest BCUT2D eigenvalue weighted by Crippen LogP contribution is 2.21. The number of nitrogens with zero attached hydrogens (tertiary/aromatic N) is 5. The molecule has 3 aromatic heterocycles. The predicted octanol–water partition coefficient (Wildman–Crippen LogP) is 4.21. The minimum atomic E-state index is -0.243. The lowest BCUT2D eigenvalue weighted by atomic mass is 10.1. The largest absolute Gasteiger partial charge is 0.379 e. The number of carbonyl (C=O) groups is 2. The second-order valence-electron chi connectivity index (χ2n) is 11.1. The summed E-state index contributed by atoms with van der Waals surface area (Å²) < 4.78 is 20.4. The van der Waals surface area contributed by atoms with Crippen molar-refractivity contribution in [2.24, 2.45) is 0 Å². The Balaban J connectivity index is 1.12. The van der Waals surface area contributed by atoms with E-state index in [9.17, 15) is 9.59 Å². The van der Waals surface area contributed by atoms with Gasteiger partial charge in [-0.3, -0.25) is 9.59 Å². The topological polar surface area (TPSA) is 134 Å². The van der Waals surface area contributed by atoms with Gasteiger partial charge in [-0.25, -0.2) is 9.67 Å². The summed E-state index contributed by atoms with van der Waals surface area (Å²) in [5.74, 6) is -0.249. The van der Waals surface area contributed by atoms with Crippen LogP contribution in [0.3, 0.4) is 0 Å². The molecule has 2 amide bonds. The minimum Gasteiger partial charge on any atom is -0.379 e.